The molecule has 1 aliphatic carbocycles. The highest BCUT2D eigenvalue weighted by Gasteiger charge is 2.42. The first-order valence-electron chi connectivity index (χ1n) is 17.2. The van der Waals surface area contributed by atoms with Crippen LogP contribution in [0.2, 0.25) is 13.1 Å². The van der Waals surface area contributed by atoms with Crippen molar-refractivity contribution in [1.82, 2.24) is 14.5 Å². The maximum absolute atomic E-state index is 5.41. The summed E-state index contributed by atoms with van der Waals surface area (Å²) in [5, 5.41) is 5.37. The number of para-hydroxylation sites is 1. The molecule has 3 heterocycles. The molecule has 2 aliphatic rings. The third kappa shape index (κ3) is 3.83. The summed E-state index contributed by atoms with van der Waals surface area (Å²) in [6, 6.07) is 50.9. The van der Waals surface area contributed by atoms with Gasteiger partial charge in [0.15, 0.2) is 5.82 Å². The van der Waals surface area contributed by atoms with Gasteiger partial charge in [0, 0.05) is 33.0 Å². The predicted octanol–water partition coefficient (Wildman–Crippen LogP) is 10.0. The van der Waals surface area contributed by atoms with Crippen LogP contribution in [-0.4, -0.2) is 22.6 Å². The van der Waals surface area contributed by atoms with Crippen LogP contribution in [0.1, 0.15) is 25.0 Å². The summed E-state index contributed by atoms with van der Waals surface area (Å²) in [5.41, 5.74) is 14.6. The van der Waals surface area contributed by atoms with E-state index in [1.165, 1.54) is 60.0 Å². The molecule has 234 valence electrons. The number of fused-ring (bicyclic) bond motifs is 10. The number of hydrogen-bond acceptors (Lipinski definition) is 2. The van der Waals surface area contributed by atoms with Crippen LogP contribution < -0.4 is 10.4 Å². The Hall–Kier alpha value is -5.58. The zero-order chi connectivity index (χ0) is 33.1. The van der Waals surface area contributed by atoms with Gasteiger partial charge in [-0.05, 0) is 62.5 Å². The summed E-state index contributed by atoms with van der Waals surface area (Å²) in [5.74, 6) is 0.773. The lowest BCUT2D eigenvalue weighted by Gasteiger charge is -2.22. The van der Waals surface area contributed by atoms with Gasteiger partial charge >= 0.3 is 0 Å². The average Bonchev–Trinajstić information content (AvgIpc) is 3.69. The fraction of sp³-hybridized carbons (Fsp3) is 0.111. The molecule has 4 heteroatoms. The molecule has 10 rings (SSSR count). The Morgan fingerprint density at radius 1 is 0.571 bits per heavy atom. The first-order valence-corrected chi connectivity index (χ1v) is 20.2. The van der Waals surface area contributed by atoms with Crippen molar-refractivity contribution in [3.63, 3.8) is 0 Å². The maximum Gasteiger partial charge on any atom is 0.160 e. The zero-order valence-corrected chi connectivity index (χ0v) is 29.1. The summed E-state index contributed by atoms with van der Waals surface area (Å²) >= 11 is 0. The Bertz CT molecular complexity index is 2660. The highest BCUT2D eigenvalue weighted by atomic mass is 28.3. The van der Waals surface area contributed by atoms with E-state index in [1.807, 2.05) is 6.07 Å². The molecule has 0 amide bonds. The second-order valence-corrected chi connectivity index (χ2v) is 18.9. The molecule has 0 saturated carbocycles. The third-order valence-corrected chi connectivity index (χ3v) is 14.7. The van der Waals surface area contributed by atoms with Gasteiger partial charge in [0.1, 0.15) is 8.07 Å². The van der Waals surface area contributed by atoms with Gasteiger partial charge in [0.25, 0.3) is 0 Å². The summed E-state index contributed by atoms with van der Waals surface area (Å²) in [7, 11) is -2.09. The lowest BCUT2D eigenvalue weighted by Crippen LogP contribution is -2.50. The van der Waals surface area contributed by atoms with E-state index in [1.54, 1.807) is 0 Å². The van der Waals surface area contributed by atoms with Crippen molar-refractivity contribution in [2.45, 2.75) is 32.4 Å². The van der Waals surface area contributed by atoms with Crippen molar-refractivity contribution in [1.29, 1.82) is 0 Å². The highest BCUT2D eigenvalue weighted by molar-refractivity contribution is 7.04. The van der Waals surface area contributed by atoms with E-state index < -0.39 is 8.07 Å². The van der Waals surface area contributed by atoms with Gasteiger partial charge in [-0.15, -0.1) is 0 Å². The van der Waals surface area contributed by atoms with Crippen molar-refractivity contribution in [2.75, 3.05) is 0 Å². The molecule has 2 aromatic heterocycles. The Balaban J connectivity index is 1.24. The van der Waals surface area contributed by atoms with E-state index in [4.69, 9.17) is 9.97 Å². The molecular formula is C45H35N3Si. The van der Waals surface area contributed by atoms with Crippen molar-refractivity contribution in [2.24, 2.45) is 0 Å². The van der Waals surface area contributed by atoms with Gasteiger partial charge in [0.2, 0.25) is 0 Å². The first-order chi connectivity index (χ1) is 23.8. The molecule has 8 aromatic rings. The number of benzene rings is 6. The first kappa shape index (κ1) is 28.4. The van der Waals surface area contributed by atoms with Crippen molar-refractivity contribution in [3.05, 3.63) is 151 Å². The average molecular weight is 646 g/mol. The molecule has 0 unspecified atom stereocenters. The van der Waals surface area contributed by atoms with Crippen LogP contribution in [0.25, 0.3) is 72.5 Å². The maximum atomic E-state index is 5.41. The minimum Gasteiger partial charge on any atom is -0.309 e. The van der Waals surface area contributed by atoms with E-state index >= 15 is 0 Å². The van der Waals surface area contributed by atoms with E-state index in [0.29, 0.717) is 0 Å². The Morgan fingerprint density at radius 2 is 1.27 bits per heavy atom. The molecule has 6 aromatic carbocycles. The lowest BCUT2D eigenvalue weighted by atomic mass is 9.82. The number of aromatic nitrogens is 3. The van der Waals surface area contributed by atoms with E-state index in [2.05, 4.69) is 165 Å². The second kappa shape index (κ2) is 9.97. The molecule has 0 spiro atoms. The van der Waals surface area contributed by atoms with E-state index in [-0.39, 0.29) is 5.41 Å². The van der Waals surface area contributed by atoms with Crippen molar-refractivity contribution >= 4 is 40.3 Å². The normalized spacial score (nSPS) is 14.9. The summed E-state index contributed by atoms with van der Waals surface area (Å²) in [6.07, 6.45) is 0. The van der Waals surface area contributed by atoms with Crippen LogP contribution in [0.4, 0.5) is 0 Å². The van der Waals surface area contributed by atoms with Crippen LogP contribution in [0.15, 0.2) is 140 Å². The molecular weight excluding hydrogens is 611 g/mol. The second-order valence-electron chi connectivity index (χ2n) is 14.6. The fourth-order valence-electron chi connectivity index (χ4n) is 8.86. The molecule has 0 N–H and O–H groups in total. The van der Waals surface area contributed by atoms with Crippen molar-refractivity contribution < 1.29 is 0 Å². The molecule has 0 bridgehead atoms. The molecule has 3 nitrogen and oxygen atoms in total. The molecule has 0 saturated heterocycles. The number of hydrogen-bond donors (Lipinski definition) is 0. The number of rotatable bonds is 3. The highest BCUT2D eigenvalue weighted by Crippen LogP contribution is 2.53. The summed E-state index contributed by atoms with van der Waals surface area (Å²) in [4.78, 5) is 10.7. The molecule has 1 aliphatic heterocycles. The predicted molar refractivity (Wildman–Crippen MR) is 207 cm³/mol. The van der Waals surface area contributed by atoms with E-state index in [9.17, 15) is 0 Å². The third-order valence-electron chi connectivity index (χ3n) is 11.2. The molecule has 0 atom stereocenters. The zero-order valence-electron chi connectivity index (χ0n) is 28.1. The number of nitrogens with zero attached hydrogens (tertiary/aromatic N) is 3. The SMILES string of the molecule is CC1(C)c2ccccc2-c2c1ccc1c2c2ccccc2n1-c1cccc(-c2nc(-c3ccccc3)nc3c2[Si](C)(C)c2ccccc2-3)c1. The quantitative estimate of drug-likeness (QED) is 0.179. The van der Waals surface area contributed by atoms with Crippen LogP contribution >= 0.6 is 0 Å². The van der Waals surface area contributed by atoms with Crippen LogP contribution in [0.5, 0.6) is 0 Å². The Morgan fingerprint density at radius 3 is 2.12 bits per heavy atom. The van der Waals surface area contributed by atoms with Gasteiger partial charge < -0.3 is 4.57 Å². The molecule has 0 fully saturated rings. The van der Waals surface area contributed by atoms with Crippen LogP contribution in [0, 0.1) is 0 Å². The molecule has 0 radical (unpaired) electrons. The topological polar surface area (TPSA) is 30.7 Å². The Labute approximate surface area is 287 Å². The lowest BCUT2D eigenvalue weighted by molar-refractivity contribution is 0.661. The largest absolute Gasteiger partial charge is 0.309 e. The van der Waals surface area contributed by atoms with Crippen LogP contribution in [0.3, 0.4) is 0 Å². The summed E-state index contributed by atoms with van der Waals surface area (Å²) < 4.78 is 2.46. The smallest absolute Gasteiger partial charge is 0.160 e. The summed E-state index contributed by atoms with van der Waals surface area (Å²) in [6.45, 7) is 9.62. The van der Waals surface area contributed by atoms with Gasteiger partial charge in [0.05, 0.1) is 22.4 Å². The van der Waals surface area contributed by atoms with Crippen molar-refractivity contribution in [3.8, 4) is 50.7 Å². The van der Waals surface area contributed by atoms with Gasteiger partial charge in [-0.2, -0.15) is 0 Å². The molecule has 49 heavy (non-hydrogen) atoms. The van der Waals surface area contributed by atoms with Crippen LogP contribution in [-0.2, 0) is 5.41 Å². The minimum absolute atomic E-state index is 0.0542. The monoisotopic (exact) mass is 645 g/mol. The van der Waals surface area contributed by atoms with E-state index in [0.717, 1.165) is 34.0 Å². The minimum atomic E-state index is -2.09. The fourth-order valence-corrected chi connectivity index (χ4v) is 12.1. The van der Waals surface area contributed by atoms with Gasteiger partial charge in [-0.3, -0.25) is 0 Å². The standard InChI is InChI=1S/C45H35N3Si/c1-45(2)34-22-11-8-19-31(34)39-35(45)25-26-37-40(39)32-20-9-12-23-36(32)48(37)30-18-14-17-29(27-30)41-43-42(33-21-10-13-24-38(33)49(43,3)4)47-44(46-41)28-15-6-5-7-16-28/h5-27H,1-4H3. The Kier molecular flexibility index (Phi) is 5.79. The van der Waals surface area contributed by atoms with Gasteiger partial charge in [-0.1, -0.05) is 142 Å². The van der Waals surface area contributed by atoms with Gasteiger partial charge in [-0.25, -0.2) is 9.97 Å².